The SMILES string of the molecule is COCCNC1CCC(Nc2cc(-c3cc(NCC4(C)CCOCC4)cnc3Cl)c(F)cn2)CC1. The second kappa shape index (κ2) is 12.3. The summed E-state index contributed by atoms with van der Waals surface area (Å²) >= 11 is 6.41. The summed E-state index contributed by atoms with van der Waals surface area (Å²) in [5.41, 5.74) is 1.94. The number of rotatable bonds is 10. The average Bonchev–Trinajstić information content (AvgIpc) is 2.86. The number of nitrogens with zero attached hydrogens (tertiary/aromatic N) is 2. The highest BCUT2D eigenvalue weighted by Crippen LogP contribution is 2.34. The van der Waals surface area contributed by atoms with Gasteiger partial charge >= 0.3 is 0 Å². The Labute approximate surface area is 212 Å². The third-order valence-electron chi connectivity index (χ3n) is 7.22. The van der Waals surface area contributed by atoms with Crippen LogP contribution in [0, 0.1) is 11.2 Å². The minimum absolute atomic E-state index is 0.162. The van der Waals surface area contributed by atoms with Gasteiger partial charge in [0.2, 0.25) is 0 Å². The molecule has 2 aromatic rings. The first-order valence-electron chi connectivity index (χ1n) is 12.6. The molecule has 0 radical (unpaired) electrons. The summed E-state index contributed by atoms with van der Waals surface area (Å²) < 4.78 is 25.5. The average molecular weight is 506 g/mol. The molecule has 1 saturated carbocycles. The molecule has 35 heavy (non-hydrogen) atoms. The van der Waals surface area contributed by atoms with Crippen LogP contribution in [0.2, 0.25) is 5.15 Å². The van der Waals surface area contributed by atoms with E-state index < -0.39 is 5.82 Å². The summed E-state index contributed by atoms with van der Waals surface area (Å²) in [5, 5.41) is 10.8. The van der Waals surface area contributed by atoms with E-state index >= 15 is 0 Å². The molecular formula is C26H37ClFN5O2. The van der Waals surface area contributed by atoms with Crippen molar-refractivity contribution in [3.63, 3.8) is 0 Å². The Bertz CT molecular complexity index is 965. The Balaban J connectivity index is 1.40. The van der Waals surface area contributed by atoms with E-state index in [0.717, 1.165) is 77.1 Å². The quantitative estimate of drug-likeness (QED) is 0.305. The van der Waals surface area contributed by atoms with Crippen LogP contribution < -0.4 is 16.0 Å². The molecule has 2 aromatic heterocycles. The van der Waals surface area contributed by atoms with Crippen molar-refractivity contribution in [2.75, 3.05) is 50.7 Å². The monoisotopic (exact) mass is 505 g/mol. The summed E-state index contributed by atoms with van der Waals surface area (Å²) in [5.74, 6) is 0.236. The fourth-order valence-corrected chi connectivity index (χ4v) is 5.04. The summed E-state index contributed by atoms with van der Waals surface area (Å²) in [4.78, 5) is 8.61. The van der Waals surface area contributed by atoms with Crippen LogP contribution in [-0.4, -0.2) is 62.1 Å². The lowest BCUT2D eigenvalue weighted by Gasteiger charge is -2.33. The fraction of sp³-hybridized carbons (Fsp3) is 0.615. The molecule has 2 aliphatic rings. The summed E-state index contributed by atoms with van der Waals surface area (Å²) in [6.07, 6.45) is 9.21. The maximum absolute atomic E-state index is 14.9. The van der Waals surface area contributed by atoms with Gasteiger partial charge in [0.1, 0.15) is 16.8 Å². The van der Waals surface area contributed by atoms with Gasteiger partial charge in [-0.2, -0.15) is 0 Å². The van der Waals surface area contributed by atoms with Crippen molar-refractivity contribution in [1.29, 1.82) is 0 Å². The Morgan fingerprint density at radius 3 is 2.57 bits per heavy atom. The number of hydrogen-bond acceptors (Lipinski definition) is 7. The highest BCUT2D eigenvalue weighted by Gasteiger charge is 2.27. The molecule has 3 heterocycles. The van der Waals surface area contributed by atoms with Crippen LogP contribution in [0.4, 0.5) is 15.9 Å². The van der Waals surface area contributed by atoms with Gasteiger partial charge in [0.25, 0.3) is 0 Å². The van der Waals surface area contributed by atoms with E-state index in [2.05, 4.69) is 32.8 Å². The maximum Gasteiger partial charge on any atom is 0.149 e. The molecular weight excluding hydrogens is 469 g/mol. The Morgan fingerprint density at radius 2 is 1.83 bits per heavy atom. The topological polar surface area (TPSA) is 80.3 Å². The van der Waals surface area contributed by atoms with Crippen molar-refractivity contribution in [2.24, 2.45) is 5.41 Å². The number of hydrogen-bond donors (Lipinski definition) is 3. The molecule has 0 unspecified atom stereocenters. The van der Waals surface area contributed by atoms with Crippen molar-refractivity contribution in [1.82, 2.24) is 15.3 Å². The molecule has 1 aliphatic heterocycles. The van der Waals surface area contributed by atoms with Crippen LogP contribution in [0.1, 0.15) is 45.4 Å². The van der Waals surface area contributed by atoms with Crippen molar-refractivity contribution in [3.05, 3.63) is 35.5 Å². The van der Waals surface area contributed by atoms with Gasteiger partial charge in [-0.1, -0.05) is 18.5 Å². The number of ether oxygens (including phenoxy) is 2. The van der Waals surface area contributed by atoms with E-state index in [1.165, 1.54) is 6.20 Å². The second-order valence-electron chi connectivity index (χ2n) is 10.0. The number of aromatic nitrogens is 2. The largest absolute Gasteiger partial charge is 0.383 e. The summed E-state index contributed by atoms with van der Waals surface area (Å²) in [7, 11) is 1.72. The van der Waals surface area contributed by atoms with Gasteiger partial charge in [0.05, 0.1) is 24.7 Å². The molecule has 2 fully saturated rings. The van der Waals surface area contributed by atoms with E-state index in [1.54, 1.807) is 19.4 Å². The third kappa shape index (κ3) is 7.26. The summed E-state index contributed by atoms with van der Waals surface area (Å²) in [6.45, 7) is 6.23. The molecule has 1 saturated heterocycles. The Kier molecular flexibility index (Phi) is 9.16. The number of nitrogens with one attached hydrogen (secondary N) is 3. The highest BCUT2D eigenvalue weighted by atomic mass is 35.5. The molecule has 0 spiro atoms. The smallest absolute Gasteiger partial charge is 0.149 e. The molecule has 0 bridgehead atoms. The van der Waals surface area contributed by atoms with Crippen LogP contribution in [0.25, 0.3) is 11.1 Å². The van der Waals surface area contributed by atoms with Gasteiger partial charge < -0.3 is 25.4 Å². The van der Waals surface area contributed by atoms with E-state index in [0.29, 0.717) is 29.0 Å². The predicted molar refractivity (Wildman–Crippen MR) is 139 cm³/mol. The van der Waals surface area contributed by atoms with Gasteiger partial charge in [-0.15, -0.1) is 0 Å². The number of pyridine rings is 2. The van der Waals surface area contributed by atoms with Crippen molar-refractivity contribution < 1.29 is 13.9 Å². The summed E-state index contributed by atoms with van der Waals surface area (Å²) in [6, 6.07) is 4.44. The van der Waals surface area contributed by atoms with Crippen LogP contribution in [-0.2, 0) is 9.47 Å². The zero-order valence-corrected chi connectivity index (χ0v) is 21.5. The molecule has 1 aliphatic carbocycles. The standard InChI is InChI=1S/C26H37ClFN5O2/c1-26(7-10-35-11-8-26)17-32-20-13-22(25(27)31-15-20)21-14-24(30-16-23(21)28)33-19-5-3-18(4-6-19)29-9-12-34-2/h13-16,18-19,29,32H,3-12,17H2,1-2H3,(H,30,33). The van der Waals surface area contributed by atoms with E-state index in [9.17, 15) is 4.39 Å². The first kappa shape index (κ1) is 26.1. The normalized spacial score (nSPS) is 22.1. The zero-order valence-electron chi connectivity index (χ0n) is 20.7. The molecule has 7 nitrogen and oxygen atoms in total. The van der Waals surface area contributed by atoms with Crippen LogP contribution >= 0.6 is 11.6 Å². The zero-order chi connectivity index (χ0) is 24.7. The molecule has 0 aromatic carbocycles. The van der Waals surface area contributed by atoms with Gasteiger partial charge in [-0.25, -0.2) is 14.4 Å². The van der Waals surface area contributed by atoms with Crippen molar-refractivity contribution in [3.8, 4) is 11.1 Å². The molecule has 0 amide bonds. The maximum atomic E-state index is 14.9. The van der Waals surface area contributed by atoms with E-state index in [-0.39, 0.29) is 10.6 Å². The number of methoxy groups -OCH3 is 1. The fourth-order valence-electron chi connectivity index (χ4n) is 4.83. The van der Waals surface area contributed by atoms with Crippen LogP contribution in [0.15, 0.2) is 24.5 Å². The highest BCUT2D eigenvalue weighted by molar-refractivity contribution is 6.32. The van der Waals surface area contributed by atoms with Crippen LogP contribution in [0.5, 0.6) is 0 Å². The first-order valence-corrected chi connectivity index (χ1v) is 13.0. The third-order valence-corrected chi connectivity index (χ3v) is 7.52. The predicted octanol–water partition coefficient (Wildman–Crippen LogP) is 5.12. The molecule has 3 N–H and O–H groups in total. The molecule has 192 valence electrons. The van der Waals surface area contributed by atoms with Crippen molar-refractivity contribution >= 4 is 23.1 Å². The lowest BCUT2D eigenvalue weighted by Crippen LogP contribution is -2.38. The number of anilines is 2. The lowest BCUT2D eigenvalue weighted by molar-refractivity contribution is 0.0300. The minimum atomic E-state index is -0.418. The molecule has 9 heteroatoms. The number of halogens is 2. The van der Waals surface area contributed by atoms with Gasteiger partial charge in [-0.3, -0.25) is 0 Å². The van der Waals surface area contributed by atoms with E-state index in [4.69, 9.17) is 21.1 Å². The van der Waals surface area contributed by atoms with Crippen molar-refractivity contribution in [2.45, 2.75) is 57.5 Å². The Morgan fingerprint density at radius 1 is 1.09 bits per heavy atom. The second-order valence-corrected chi connectivity index (χ2v) is 10.4. The first-order chi connectivity index (χ1) is 17.0. The molecule has 4 rings (SSSR count). The lowest BCUT2D eigenvalue weighted by atomic mass is 9.82. The van der Waals surface area contributed by atoms with Gasteiger partial charge in [0.15, 0.2) is 0 Å². The minimum Gasteiger partial charge on any atom is -0.383 e. The van der Waals surface area contributed by atoms with Crippen LogP contribution in [0.3, 0.4) is 0 Å². The van der Waals surface area contributed by atoms with Gasteiger partial charge in [-0.05, 0) is 56.1 Å². The molecule has 0 atom stereocenters. The Hall–Kier alpha value is -2.00. The van der Waals surface area contributed by atoms with Gasteiger partial charge in [0, 0.05) is 56.6 Å². The van der Waals surface area contributed by atoms with E-state index in [1.807, 2.05) is 6.07 Å².